The molecule has 0 radical (unpaired) electrons. The Kier molecular flexibility index (Phi) is 5.32. The zero-order valence-corrected chi connectivity index (χ0v) is 14.4. The Labute approximate surface area is 137 Å². The topological polar surface area (TPSA) is 63.2 Å². The van der Waals surface area contributed by atoms with E-state index in [4.69, 9.17) is 11.6 Å². The van der Waals surface area contributed by atoms with Gasteiger partial charge >= 0.3 is 0 Å². The molecule has 2 rings (SSSR count). The predicted octanol–water partition coefficient (Wildman–Crippen LogP) is 3.10. The number of rotatable bonds is 5. The maximum absolute atomic E-state index is 12.6. The Morgan fingerprint density at radius 1 is 1.33 bits per heavy atom. The van der Waals surface area contributed by atoms with Gasteiger partial charge in [0.1, 0.15) is 10.0 Å². The van der Waals surface area contributed by atoms with Crippen molar-refractivity contribution in [2.75, 3.05) is 6.54 Å². The van der Waals surface area contributed by atoms with Crippen molar-refractivity contribution < 1.29 is 8.42 Å². The van der Waals surface area contributed by atoms with E-state index >= 15 is 0 Å². The summed E-state index contributed by atoms with van der Waals surface area (Å²) in [6.45, 7) is 2.42. The lowest BCUT2D eigenvalue weighted by Crippen LogP contribution is -2.30. The van der Waals surface area contributed by atoms with E-state index in [0.717, 1.165) is 5.56 Å². The van der Waals surface area contributed by atoms with E-state index in [1.807, 2.05) is 0 Å². The highest BCUT2D eigenvalue weighted by Gasteiger charge is 2.24. The normalized spacial score (nSPS) is 11.8. The van der Waals surface area contributed by atoms with Crippen LogP contribution in [-0.2, 0) is 16.6 Å². The second kappa shape index (κ2) is 6.83. The van der Waals surface area contributed by atoms with Crippen molar-refractivity contribution in [2.24, 2.45) is 0 Å². The number of hydrogen-bond donors (Lipinski definition) is 0. The van der Waals surface area contributed by atoms with Gasteiger partial charge in [-0.3, -0.25) is 4.98 Å². The lowest BCUT2D eigenvalue weighted by molar-refractivity contribution is 0.423. The number of sulfonamides is 1. The molecule has 0 spiro atoms. The van der Waals surface area contributed by atoms with Gasteiger partial charge in [-0.25, -0.2) is 13.4 Å². The van der Waals surface area contributed by atoms with Crippen LogP contribution in [0.5, 0.6) is 0 Å². The van der Waals surface area contributed by atoms with Crippen molar-refractivity contribution in [3.63, 3.8) is 0 Å². The van der Waals surface area contributed by atoms with Crippen LogP contribution in [0.1, 0.15) is 12.5 Å². The van der Waals surface area contributed by atoms with E-state index < -0.39 is 10.0 Å². The molecule has 112 valence electrons. The molecule has 0 saturated carbocycles. The van der Waals surface area contributed by atoms with Gasteiger partial charge in [-0.15, -0.1) is 0 Å². The van der Waals surface area contributed by atoms with Gasteiger partial charge < -0.3 is 0 Å². The van der Waals surface area contributed by atoms with Crippen LogP contribution in [0.3, 0.4) is 0 Å². The highest BCUT2D eigenvalue weighted by molar-refractivity contribution is 9.10. The summed E-state index contributed by atoms with van der Waals surface area (Å²) >= 11 is 8.99. The summed E-state index contributed by atoms with van der Waals surface area (Å²) in [4.78, 5) is 7.90. The molecule has 0 atom stereocenters. The van der Waals surface area contributed by atoms with Crippen LogP contribution in [0.15, 0.2) is 46.2 Å². The summed E-state index contributed by atoms with van der Waals surface area (Å²) in [6.07, 6.45) is 4.53. The van der Waals surface area contributed by atoms with Crippen LogP contribution < -0.4 is 0 Å². The second-order valence-corrected chi connectivity index (χ2v) is 7.38. The molecule has 0 aliphatic heterocycles. The maximum atomic E-state index is 12.6. The zero-order valence-electron chi connectivity index (χ0n) is 11.2. The molecule has 0 fully saturated rings. The van der Waals surface area contributed by atoms with Gasteiger partial charge in [-0.2, -0.15) is 4.31 Å². The summed E-state index contributed by atoms with van der Waals surface area (Å²) in [5.74, 6) is 0. The third-order valence-corrected chi connectivity index (χ3v) is 5.89. The van der Waals surface area contributed by atoms with Gasteiger partial charge in [0.2, 0.25) is 10.0 Å². The fourth-order valence-corrected chi connectivity index (χ4v) is 3.77. The van der Waals surface area contributed by atoms with E-state index in [-0.39, 0.29) is 16.6 Å². The number of pyridine rings is 2. The minimum absolute atomic E-state index is 0.106. The molecule has 2 aromatic heterocycles. The average molecular weight is 391 g/mol. The lowest BCUT2D eigenvalue weighted by atomic mass is 10.3. The standard InChI is InChI=1S/C13H13BrClN3O2S/c1-2-18(9-10-3-5-16-6-4-10)21(19,20)11-7-12(14)13(15)17-8-11/h3-8H,2,9H2,1H3. The van der Waals surface area contributed by atoms with Gasteiger partial charge in [-0.05, 0) is 39.7 Å². The second-order valence-electron chi connectivity index (χ2n) is 4.23. The molecule has 2 aromatic rings. The molecule has 0 saturated heterocycles. The first-order valence-corrected chi connectivity index (χ1v) is 8.76. The van der Waals surface area contributed by atoms with Gasteiger partial charge in [0.15, 0.2) is 0 Å². The fourth-order valence-electron chi connectivity index (χ4n) is 1.75. The molecular formula is C13H13BrClN3O2S. The van der Waals surface area contributed by atoms with Crippen LogP contribution >= 0.6 is 27.5 Å². The van der Waals surface area contributed by atoms with Crippen molar-refractivity contribution in [1.82, 2.24) is 14.3 Å². The van der Waals surface area contributed by atoms with Crippen molar-refractivity contribution >= 4 is 37.6 Å². The molecule has 0 aliphatic rings. The Balaban J connectivity index is 2.33. The molecular weight excluding hydrogens is 378 g/mol. The molecule has 0 unspecified atom stereocenters. The number of nitrogens with zero attached hydrogens (tertiary/aromatic N) is 3. The molecule has 0 bridgehead atoms. The molecule has 5 nitrogen and oxygen atoms in total. The van der Waals surface area contributed by atoms with Crippen molar-refractivity contribution in [1.29, 1.82) is 0 Å². The van der Waals surface area contributed by atoms with E-state index in [1.165, 1.54) is 16.6 Å². The van der Waals surface area contributed by atoms with Crippen LogP contribution in [0.4, 0.5) is 0 Å². The Morgan fingerprint density at radius 2 is 2.00 bits per heavy atom. The molecule has 21 heavy (non-hydrogen) atoms. The lowest BCUT2D eigenvalue weighted by Gasteiger charge is -2.20. The van der Waals surface area contributed by atoms with Crippen LogP contribution in [0.2, 0.25) is 5.15 Å². The molecule has 0 amide bonds. The fraction of sp³-hybridized carbons (Fsp3) is 0.231. The number of hydrogen-bond acceptors (Lipinski definition) is 4. The van der Waals surface area contributed by atoms with Gasteiger partial charge in [-0.1, -0.05) is 18.5 Å². The summed E-state index contributed by atoms with van der Waals surface area (Å²) in [6, 6.07) is 5.03. The first kappa shape index (κ1) is 16.4. The van der Waals surface area contributed by atoms with E-state index in [1.54, 1.807) is 31.5 Å². The molecule has 0 N–H and O–H groups in total. The summed E-state index contributed by atoms with van der Waals surface area (Å²) < 4.78 is 27.1. The van der Waals surface area contributed by atoms with E-state index in [2.05, 4.69) is 25.9 Å². The monoisotopic (exact) mass is 389 g/mol. The molecule has 8 heteroatoms. The third-order valence-electron chi connectivity index (χ3n) is 2.87. The van der Waals surface area contributed by atoms with E-state index in [0.29, 0.717) is 11.0 Å². The first-order chi connectivity index (χ1) is 9.95. The molecule has 2 heterocycles. The SMILES string of the molecule is CCN(Cc1ccncc1)S(=O)(=O)c1cnc(Cl)c(Br)c1. The van der Waals surface area contributed by atoms with Crippen molar-refractivity contribution in [3.8, 4) is 0 Å². The predicted molar refractivity (Wildman–Crippen MR) is 84.5 cm³/mol. The summed E-state index contributed by atoms with van der Waals surface area (Å²) in [5.41, 5.74) is 0.872. The van der Waals surface area contributed by atoms with Crippen LogP contribution in [0.25, 0.3) is 0 Å². The largest absolute Gasteiger partial charge is 0.265 e. The van der Waals surface area contributed by atoms with Gasteiger partial charge in [0.25, 0.3) is 0 Å². The Bertz CT molecular complexity index is 725. The van der Waals surface area contributed by atoms with Crippen LogP contribution in [0, 0.1) is 0 Å². The minimum Gasteiger partial charge on any atom is -0.265 e. The summed E-state index contributed by atoms with van der Waals surface area (Å²) in [5, 5.41) is 0.228. The third kappa shape index (κ3) is 3.79. The number of aromatic nitrogens is 2. The van der Waals surface area contributed by atoms with Crippen molar-refractivity contribution in [2.45, 2.75) is 18.4 Å². The first-order valence-electron chi connectivity index (χ1n) is 6.15. The maximum Gasteiger partial charge on any atom is 0.244 e. The quantitative estimate of drug-likeness (QED) is 0.736. The zero-order chi connectivity index (χ0) is 15.5. The van der Waals surface area contributed by atoms with Crippen molar-refractivity contribution in [3.05, 3.63) is 52.0 Å². The van der Waals surface area contributed by atoms with Crippen LogP contribution in [-0.4, -0.2) is 29.2 Å². The highest BCUT2D eigenvalue weighted by Crippen LogP contribution is 2.25. The highest BCUT2D eigenvalue weighted by atomic mass is 79.9. The average Bonchev–Trinajstić information content (AvgIpc) is 2.48. The summed E-state index contributed by atoms with van der Waals surface area (Å²) in [7, 11) is -3.63. The Hall–Kier alpha value is -1.02. The van der Waals surface area contributed by atoms with Gasteiger partial charge in [0, 0.05) is 31.7 Å². The minimum atomic E-state index is -3.63. The molecule has 0 aliphatic carbocycles. The number of halogens is 2. The smallest absolute Gasteiger partial charge is 0.244 e. The van der Waals surface area contributed by atoms with Gasteiger partial charge in [0.05, 0.1) is 4.47 Å². The van der Waals surface area contributed by atoms with E-state index in [9.17, 15) is 8.42 Å². The molecule has 0 aromatic carbocycles. The Morgan fingerprint density at radius 3 is 2.57 bits per heavy atom.